The molecule has 2 heterocycles. The normalized spacial score (nSPS) is 10.3. The summed E-state index contributed by atoms with van der Waals surface area (Å²) in [5.74, 6) is -0.100. The highest BCUT2D eigenvalue weighted by molar-refractivity contribution is 9.10. The van der Waals surface area contributed by atoms with E-state index in [0.717, 1.165) is 13.0 Å². The monoisotopic (exact) mass is 309 g/mol. The van der Waals surface area contributed by atoms with Gasteiger partial charge in [-0.2, -0.15) is 0 Å². The molecule has 18 heavy (non-hydrogen) atoms. The first-order valence-corrected chi connectivity index (χ1v) is 6.29. The van der Waals surface area contributed by atoms with E-state index in [1.807, 2.05) is 0 Å². The lowest BCUT2D eigenvalue weighted by Crippen LogP contribution is -2.25. The summed E-state index contributed by atoms with van der Waals surface area (Å²) < 4.78 is 2.38. The van der Waals surface area contributed by atoms with E-state index in [0.29, 0.717) is 16.7 Å². The molecule has 6 nitrogen and oxygen atoms in total. The zero-order valence-electron chi connectivity index (χ0n) is 9.58. The quantitative estimate of drug-likeness (QED) is 0.666. The number of pyridine rings is 1. The molecule has 0 saturated heterocycles. The molecule has 0 saturated carbocycles. The number of rotatable bonds is 5. The lowest BCUT2D eigenvalue weighted by molar-refractivity contribution is 0.0952. The van der Waals surface area contributed by atoms with Gasteiger partial charge in [-0.05, 0) is 34.5 Å². The maximum Gasteiger partial charge on any atom is 0.251 e. The SMILES string of the molecule is O=C(NCCCn1ccnn1)c1ccnc(Br)c1. The largest absolute Gasteiger partial charge is 0.352 e. The Hall–Kier alpha value is -1.76. The van der Waals surface area contributed by atoms with Crippen LogP contribution in [0.5, 0.6) is 0 Å². The van der Waals surface area contributed by atoms with Gasteiger partial charge in [-0.3, -0.25) is 9.48 Å². The van der Waals surface area contributed by atoms with Crippen molar-refractivity contribution >= 4 is 21.8 Å². The highest BCUT2D eigenvalue weighted by Gasteiger charge is 2.05. The Morgan fingerprint density at radius 2 is 2.33 bits per heavy atom. The highest BCUT2D eigenvalue weighted by Crippen LogP contribution is 2.07. The van der Waals surface area contributed by atoms with Gasteiger partial charge >= 0.3 is 0 Å². The van der Waals surface area contributed by atoms with Crippen LogP contribution in [0.2, 0.25) is 0 Å². The van der Waals surface area contributed by atoms with Crippen LogP contribution in [0.4, 0.5) is 0 Å². The van der Waals surface area contributed by atoms with Crippen molar-refractivity contribution in [1.29, 1.82) is 0 Å². The maximum absolute atomic E-state index is 11.8. The van der Waals surface area contributed by atoms with Gasteiger partial charge in [-0.15, -0.1) is 5.10 Å². The third-order valence-corrected chi connectivity index (χ3v) is 2.74. The third-order valence-electron chi connectivity index (χ3n) is 2.31. The number of aryl methyl sites for hydroxylation is 1. The van der Waals surface area contributed by atoms with E-state index in [4.69, 9.17) is 0 Å². The second-order valence-electron chi connectivity index (χ2n) is 3.64. The summed E-state index contributed by atoms with van der Waals surface area (Å²) in [6.07, 6.45) is 5.82. The van der Waals surface area contributed by atoms with Crippen molar-refractivity contribution in [2.24, 2.45) is 0 Å². The van der Waals surface area contributed by atoms with Crippen LogP contribution in [0, 0.1) is 0 Å². The number of aromatic nitrogens is 4. The van der Waals surface area contributed by atoms with E-state index in [-0.39, 0.29) is 5.91 Å². The van der Waals surface area contributed by atoms with Gasteiger partial charge < -0.3 is 5.32 Å². The zero-order chi connectivity index (χ0) is 12.8. The summed E-state index contributed by atoms with van der Waals surface area (Å²) in [4.78, 5) is 15.7. The zero-order valence-corrected chi connectivity index (χ0v) is 11.2. The molecular formula is C11H12BrN5O. The summed E-state index contributed by atoms with van der Waals surface area (Å²) >= 11 is 3.23. The molecule has 2 rings (SSSR count). The van der Waals surface area contributed by atoms with Gasteiger partial charge in [0.15, 0.2) is 0 Å². The van der Waals surface area contributed by atoms with Gasteiger partial charge in [0.25, 0.3) is 5.91 Å². The minimum absolute atomic E-state index is 0.100. The van der Waals surface area contributed by atoms with Gasteiger partial charge in [0, 0.05) is 31.0 Å². The first-order valence-electron chi connectivity index (χ1n) is 5.49. The molecule has 7 heteroatoms. The average Bonchev–Trinajstić information content (AvgIpc) is 2.87. The summed E-state index contributed by atoms with van der Waals surface area (Å²) in [7, 11) is 0. The van der Waals surface area contributed by atoms with Crippen LogP contribution in [0.15, 0.2) is 35.3 Å². The maximum atomic E-state index is 11.8. The van der Waals surface area contributed by atoms with Crippen molar-refractivity contribution in [3.05, 3.63) is 40.9 Å². The number of halogens is 1. The van der Waals surface area contributed by atoms with Crippen LogP contribution in [0.25, 0.3) is 0 Å². The summed E-state index contributed by atoms with van der Waals surface area (Å²) in [5, 5.41) is 10.4. The van der Waals surface area contributed by atoms with Gasteiger partial charge in [0.05, 0.1) is 6.20 Å². The first-order chi connectivity index (χ1) is 8.75. The highest BCUT2D eigenvalue weighted by atomic mass is 79.9. The molecule has 2 aromatic heterocycles. The second kappa shape index (κ2) is 6.25. The number of nitrogens with one attached hydrogen (secondary N) is 1. The minimum Gasteiger partial charge on any atom is -0.352 e. The number of hydrogen-bond acceptors (Lipinski definition) is 4. The van der Waals surface area contributed by atoms with Crippen molar-refractivity contribution in [2.75, 3.05) is 6.54 Å². The molecular weight excluding hydrogens is 298 g/mol. The molecule has 1 amide bonds. The van der Waals surface area contributed by atoms with Crippen molar-refractivity contribution in [3.63, 3.8) is 0 Å². The lowest BCUT2D eigenvalue weighted by atomic mass is 10.2. The van der Waals surface area contributed by atoms with E-state index in [1.165, 1.54) is 0 Å². The fourth-order valence-electron chi connectivity index (χ4n) is 1.44. The molecule has 94 valence electrons. The Balaban J connectivity index is 1.75. The second-order valence-corrected chi connectivity index (χ2v) is 4.46. The smallest absolute Gasteiger partial charge is 0.251 e. The number of carbonyl (C=O) groups excluding carboxylic acids is 1. The van der Waals surface area contributed by atoms with E-state index < -0.39 is 0 Å². The van der Waals surface area contributed by atoms with E-state index in [2.05, 4.69) is 36.5 Å². The minimum atomic E-state index is -0.100. The Morgan fingerprint density at radius 1 is 1.44 bits per heavy atom. The average molecular weight is 310 g/mol. The summed E-state index contributed by atoms with van der Waals surface area (Å²) in [6.45, 7) is 1.33. The van der Waals surface area contributed by atoms with Crippen LogP contribution in [-0.4, -0.2) is 32.4 Å². The fourth-order valence-corrected chi connectivity index (χ4v) is 1.81. The predicted octanol–water partition coefficient (Wildman–Crippen LogP) is 1.26. The van der Waals surface area contributed by atoms with Crippen LogP contribution < -0.4 is 5.32 Å². The standard InChI is InChI=1S/C11H12BrN5O/c12-10-8-9(2-4-13-10)11(18)14-3-1-6-17-7-5-15-16-17/h2,4-5,7-8H,1,3,6H2,(H,14,18). The molecule has 0 aliphatic heterocycles. The van der Waals surface area contributed by atoms with E-state index >= 15 is 0 Å². The summed E-state index contributed by atoms with van der Waals surface area (Å²) in [5.41, 5.74) is 0.595. The van der Waals surface area contributed by atoms with Gasteiger partial charge in [0.1, 0.15) is 4.60 Å². The molecule has 0 radical (unpaired) electrons. The number of carbonyl (C=O) groups is 1. The topological polar surface area (TPSA) is 72.7 Å². The number of amides is 1. The van der Waals surface area contributed by atoms with Crippen LogP contribution in [-0.2, 0) is 6.54 Å². The predicted molar refractivity (Wildman–Crippen MR) is 68.9 cm³/mol. The molecule has 0 bridgehead atoms. The van der Waals surface area contributed by atoms with Crippen LogP contribution >= 0.6 is 15.9 Å². The lowest BCUT2D eigenvalue weighted by Gasteiger charge is -2.05. The van der Waals surface area contributed by atoms with Crippen molar-refractivity contribution < 1.29 is 4.79 Å². The Kier molecular flexibility index (Phi) is 4.40. The van der Waals surface area contributed by atoms with Crippen molar-refractivity contribution in [1.82, 2.24) is 25.3 Å². The van der Waals surface area contributed by atoms with Crippen molar-refractivity contribution in [2.45, 2.75) is 13.0 Å². The van der Waals surface area contributed by atoms with Crippen LogP contribution in [0.1, 0.15) is 16.8 Å². The molecule has 2 aromatic rings. The Bertz CT molecular complexity index is 514. The van der Waals surface area contributed by atoms with Gasteiger partial charge in [-0.1, -0.05) is 5.21 Å². The Morgan fingerprint density at radius 3 is 3.06 bits per heavy atom. The molecule has 1 N–H and O–H groups in total. The fraction of sp³-hybridized carbons (Fsp3) is 0.273. The van der Waals surface area contributed by atoms with Gasteiger partial charge in [-0.25, -0.2) is 4.98 Å². The molecule has 0 aliphatic carbocycles. The summed E-state index contributed by atoms with van der Waals surface area (Å²) in [6, 6.07) is 3.37. The first kappa shape index (κ1) is 12.7. The Labute approximate surface area is 113 Å². The molecule has 0 fully saturated rings. The molecule has 0 unspecified atom stereocenters. The molecule has 0 aromatic carbocycles. The number of nitrogens with zero attached hydrogens (tertiary/aromatic N) is 4. The van der Waals surface area contributed by atoms with Crippen LogP contribution in [0.3, 0.4) is 0 Å². The third kappa shape index (κ3) is 3.63. The van der Waals surface area contributed by atoms with Gasteiger partial charge in [0.2, 0.25) is 0 Å². The molecule has 0 aliphatic rings. The van der Waals surface area contributed by atoms with E-state index in [1.54, 1.807) is 35.4 Å². The number of hydrogen-bond donors (Lipinski definition) is 1. The molecule has 0 spiro atoms. The van der Waals surface area contributed by atoms with Crippen molar-refractivity contribution in [3.8, 4) is 0 Å². The van der Waals surface area contributed by atoms with E-state index in [9.17, 15) is 4.79 Å². The molecule has 0 atom stereocenters.